The Hall–Kier alpha value is -2.56. The van der Waals surface area contributed by atoms with E-state index in [-0.39, 0.29) is 24.2 Å². The molecule has 0 bridgehead atoms. The fourth-order valence-corrected chi connectivity index (χ4v) is 6.10. The van der Waals surface area contributed by atoms with E-state index in [4.69, 9.17) is 21.1 Å². The molecule has 35 heavy (non-hydrogen) atoms. The van der Waals surface area contributed by atoms with E-state index >= 15 is 0 Å². The van der Waals surface area contributed by atoms with Crippen LogP contribution in [0.15, 0.2) is 29.4 Å². The van der Waals surface area contributed by atoms with Gasteiger partial charge in [-0.05, 0) is 61.9 Å². The summed E-state index contributed by atoms with van der Waals surface area (Å²) in [4.78, 5) is 26.6. The molecule has 4 rings (SSSR count). The quantitative estimate of drug-likeness (QED) is 0.300. The zero-order chi connectivity index (χ0) is 24.9. The van der Waals surface area contributed by atoms with Gasteiger partial charge in [-0.2, -0.15) is 0 Å². The van der Waals surface area contributed by atoms with Crippen molar-refractivity contribution in [3.05, 3.63) is 51.1 Å². The number of fused-ring (bicyclic) bond motifs is 1. The van der Waals surface area contributed by atoms with Crippen molar-refractivity contribution in [3.8, 4) is 5.75 Å². The van der Waals surface area contributed by atoms with Crippen LogP contribution in [0.4, 0.5) is 5.00 Å². The number of esters is 1. The van der Waals surface area contributed by atoms with Crippen molar-refractivity contribution in [3.63, 3.8) is 0 Å². The average Bonchev–Trinajstić information content (AvgIpc) is 3.36. The van der Waals surface area contributed by atoms with Gasteiger partial charge in [0.2, 0.25) is 5.91 Å². The first-order valence-electron chi connectivity index (χ1n) is 11.4. The molecule has 0 saturated carbocycles. The van der Waals surface area contributed by atoms with Crippen LogP contribution in [0.3, 0.4) is 0 Å². The van der Waals surface area contributed by atoms with Gasteiger partial charge in [0.1, 0.15) is 17.4 Å². The van der Waals surface area contributed by atoms with Crippen LogP contribution in [-0.4, -0.2) is 39.0 Å². The Balaban J connectivity index is 1.38. The fraction of sp³-hybridized carbons (Fsp3) is 0.417. The van der Waals surface area contributed by atoms with Gasteiger partial charge in [-0.1, -0.05) is 30.3 Å². The van der Waals surface area contributed by atoms with E-state index in [1.54, 1.807) is 35.8 Å². The van der Waals surface area contributed by atoms with E-state index in [0.717, 1.165) is 29.7 Å². The number of carbonyl (C=O) groups is 2. The molecule has 0 fully saturated rings. The monoisotopic (exact) mass is 534 g/mol. The molecule has 1 aliphatic carbocycles. The Kier molecular flexibility index (Phi) is 8.35. The smallest absolute Gasteiger partial charge is 0.341 e. The predicted molar refractivity (Wildman–Crippen MR) is 138 cm³/mol. The van der Waals surface area contributed by atoms with Crippen LogP contribution < -0.4 is 10.1 Å². The summed E-state index contributed by atoms with van der Waals surface area (Å²) >= 11 is 8.65. The Morgan fingerprint density at radius 1 is 1.29 bits per heavy atom. The van der Waals surface area contributed by atoms with Crippen LogP contribution in [0.1, 0.15) is 46.9 Å². The van der Waals surface area contributed by atoms with Crippen LogP contribution >= 0.6 is 34.7 Å². The van der Waals surface area contributed by atoms with E-state index in [0.29, 0.717) is 44.8 Å². The first-order valence-corrected chi connectivity index (χ1v) is 13.5. The second kappa shape index (κ2) is 11.5. The Morgan fingerprint density at radius 2 is 2.06 bits per heavy atom. The minimum Gasteiger partial charge on any atom is -0.486 e. The molecule has 186 valence electrons. The molecular weight excluding hydrogens is 508 g/mol. The number of anilines is 1. The predicted octanol–water partition coefficient (Wildman–Crippen LogP) is 5.14. The largest absolute Gasteiger partial charge is 0.486 e. The minimum absolute atomic E-state index is 0.130. The Morgan fingerprint density at radius 3 is 2.80 bits per heavy atom. The summed E-state index contributed by atoms with van der Waals surface area (Å²) in [5.74, 6) is 1.41. The lowest BCUT2D eigenvalue weighted by molar-refractivity contribution is -0.113. The van der Waals surface area contributed by atoms with Crippen LogP contribution in [0.25, 0.3) is 0 Å². The third-order valence-corrected chi connectivity index (χ3v) is 8.13. The van der Waals surface area contributed by atoms with E-state index in [1.807, 2.05) is 7.05 Å². The number of rotatable bonds is 9. The van der Waals surface area contributed by atoms with Gasteiger partial charge >= 0.3 is 5.97 Å². The number of hydrogen-bond donors (Lipinski definition) is 1. The molecule has 1 aromatic carbocycles. The SMILES string of the molecule is CCOC(=O)c1c(NC(=O)CSc2nnc(COc3ccc(Cl)cc3)n2C)sc2c1CCC(C)C2. The summed E-state index contributed by atoms with van der Waals surface area (Å²) in [6.45, 7) is 4.51. The molecule has 11 heteroatoms. The summed E-state index contributed by atoms with van der Waals surface area (Å²) in [6.07, 6.45) is 2.76. The zero-order valence-electron chi connectivity index (χ0n) is 19.8. The summed E-state index contributed by atoms with van der Waals surface area (Å²) in [7, 11) is 1.83. The lowest BCUT2D eigenvalue weighted by Crippen LogP contribution is -2.18. The van der Waals surface area contributed by atoms with Crippen LogP contribution in [0.2, 0.25) is 5.02 Å². The molecule has 1 amide bonds. The van der Waals surface area contributed by atoms with Crippen molar-refractivity contribution in [1.29, 1.82) is 0 Å². The van der Waals surface area contributed by atoms with Crippen molar-refractivity contribution < 1.29 is 19.1 Å². The fourth-order valence-electron chi connectivity index (χ4n) is 3.83. The molecule has 1 aliphatic rings. The third-order valence-electron chi connectivity index (χ3n) is 5.68. The number of amides is 1. The summed E-state index contributed by atoms with van der Waals surface area (Å²) in [5, 5.41) is 13.1. The Bertz CT molecular complexity index is 1210. The van der Waals surface area contributed by atoms with Crippen molar-refractivity contribution in [2.24, 2.45) is 13.0 Å². The molecule has 8 nitrogen and oxygen atoms in total. The number of thiophene rings is 1. The highest BCUT2D eigenvalue weighted by Gasteiger charge is 2.29. The highest BCUT2D eigenvalue weighted by molar-refractivity contribution is 7.99. The number of hydrogen-bond acceptors (Lipinski definition) is 8. The molecule has 0 radical (unpaired) electrons. The summed E-state index contributed by atoms with van der Waals surface area (Å²) < 4.78 is 12.8. The molecule has 3 aromatic rings. The van der Waals surface area contributed by atoms with Crippen LogP contribution in [0.5, 0.6) is 5.75 Å². The number of thioether (sulfide) groups is 1. The average molecular weight is 535 g/mol. The Labute approximate surface area is 217 Å². The molecule has 1 N–H and O–H groups in total. The standard InChI is InChI=1S/C24H27ClN4O4S2/c1-4-32-23(31)21-17-10-5-14(2)11-18(17)35-22(21)26-20(30)13-34-24-28-27-19(29(24)3)12-33-16-8-6-15(25)7-9-16/h6-9,14H,4-5,10-13H2,1-3H3,(H,26,30). The van der Waals surface area contributed by atoms with Gasteiger partial charge in [0, 0.05) is 16.9 Å². The number of aromatic nitrogens is 3. The third kappa shape index (κ3) is 6.17. The van der Waals surface area contributed by atoms with Gasteiger partial charge in [-0.3, -0.25) is 4.79 Å². The van der Waals surface area contributed by atoms with Gasteiger partial charge in [0.15, 0.2) is 11.0 Å². The van der Waals surface area contributed by atoms with Gasteiger partial charge in [-0.25, -0.2) is 4.79 Å². The van der Waals surface area contributed by atoms with Crippen molar-refractivity contribution in [2.45, 2.75) is 44.9 Å². The zero-order valence-corrected chi connectivity index (χ0v) is 22.2. The molecule has 1 unspecified atom stereocenters. The topological polar surface area (TPSA) is 95.3 Å². The van der Waals surface area contributed by atoms with Crippen LogP contribution in [-0.2, 0) is 36.0 Å². The van der Waals surface area contributed by atoms with Crippen LogP contribution in [0, 0.1) is 5.92 Å². The maximum Gasteiger partial charge on any atom is 0.341 e. The lowest BCUT2D eigenvalue weighted by Gasteiger charge is -2.18. The highest BCUT2D eigenvalue weighted by Crippen LogP contribution is 2.40. The number of halogens is 1. The molecule has 2 heterocycles. The maximum atomic E-state index is 12.8. The molecule has 0 spiro atoms. The maximum absolute atomic E-state index is 12.8. The number of benzene rings is 1. The van der Waals surface area contributed by atoms with E-state index in [2.05, 4.69) is 22.4 Å². The van der Waals surface area contributed by atoms with Gasteiger partial charge in [0.05, 0.1) is 17.9 Å². The molecule has 0 aliphatic heterocycles. The second-order valence-electron chi connectivity index (χ2n) is 8.31. The molecular formula is C24H27ClN4O4S2. The second-order valence-corrected chi connectivity index (χ2v) is 10.8. The minimum atomic E-state index is -0.374. The normalized spacial score (nSPS) is 14.9. The highest BCUT2D eigenvalue weighted by atomic mass is 35.5. The number of nitrogens with zero attached hydrogens (tertiary/aromatic N) is 3. The van der Waals surface area contributed by atoms with E-state index < -0.39 is 0 Å². The van der Waals surface area contributed by atoms with Gasteiger partial charge in [-0.15, -0.1) is 21.5 Å². The number of ether oxygens (including phenoxy) is 2. The first kappa shape index (κ1) is 25.5. The van der Waals surface area contributed by atoms with E-state index in [1.165, 1.54) is 23.1 Å². The summed E-state index contributed by atoms with van der Waals surface area (Å²) in [6, 6.07) is 7.08. The van der Waals surface area contributed by atoms with Crippen molar-refractivity contribution in [1.82, 2.24) is 14.8 Å². The first-order chi connectivity index (χ1) is 16.9. The molecule has 2 aromatic heterocycles. The molecule has 1 atom stereocenters. The summed E-state index contributed by atoms with van der Waals surface area (Å²) in [5.41, 5.74) is 1.53. The number of nitrogens with one attached hydrogen (secondary N) is 1. The van der Waals surface area contributed by atoms with Crippen molar-refractivity contribution in [2.75, 3.05) is 17.7 Å². The van der Waals surface area contributed by atoms with Gasteiger partial charge < -0.3 is 19.4 Å². The lowest BCUT2D eigenvalue weighted by atomic mass is 9.88. The van der Waals surface area contributed by atoms with E-state index in [9.17, 15) is 9.59 Å². The molecule has 0 saturated heterocycles. The van der Waals surface area contributed by atoms with Crippen molar-refractivity contribution >= 4 is 51.6 Å². The number of carbonyl (C=O) groups excluding carboxylic acids is 2. The van der Waals surface area contributed by atoms with Gasteiger partial charge in [0.25, 0.3) is 0 Å².